The molecule has 1 fully saturated rings. The van der Waals surface area contributed by atoms with Crippen molar-refractivity contribution in [1.29, 1.82) is 0 Å². The van der Waals surface area contributed by atoms with Gasteiger partial charge in [-0.05, 0) is 18.8 Å². The first-order chi connectivity index (χ1) is 6.65. The van der Waals surface area contributed by atoms with Gasteiger partial charge in [-0.1, -0.05) is 13.8 Å². The summed E-state index contributed by atoms with van der Waals surface area (Å²) in [6.45, 7) is 6.07. The maximum Gasteiger partial charge on any atom is 0.142 e. The van der Waals surface area contributed by atoms with Gasteiger partial charge in [0.1, 0.15) is 5.78 Å². The molecule has 82 valence electrons. The van der Waals surface area contributed by atoms with Crippen LogP contribution in [-0.2, 0) is 9.53 Å². The molecule has 1 rings (SSSR count). The predicted octanol–water partition coefficient (Wildman–Crippen LogP) is 1.21. The number of rotatable bonds is 5. The summed E-state index contributed by atoms with van der Waals surface area (Å²) in [7, 11) is 0. The normalized spacial score (nSPS) is 24.1. The predicted molar refractivity (Wildman–Crippen MR) is 55.9 cm³/mol. The van der Waals surface area contributed by atoms with E-state index in [2.05, 4.69) is 13.8 Å². The van der Waals surface area contributed by atoms with Crippen LogP contribution in [0.15, 0.2) is 0 Å². The quantitative estimate of drug-likeness (QED) is 0.724. The Kier molecular flexibility index (Phi) is 4.55. The van der Waals surface area contributed by atoms with Gasteiger partial charge in [0.25, 0.3) is 0 Å². The average Bonchev–Trinajstić information content (AvgIpc) is 2.65. The van der Waals surface area contributed by atoms with Crippen LogP contribution in [-0.4, -0.2) is 25.5 Å². The maximum atomic E-state index is 12.0. The highest BCUT2D eigenvalue weighted by molar-refractivity contribution is 5.84. The Morgan fingerprint density at radius 3 is 2.71 bits per heavy atom. The maximum absolute atomic E-state index is 12.0. The number of Topliss-reactive ketones (excluding diaryl/α,β-unsaturated/α-hetero) is 1. The molecule has 2 atom stereocenters. The Morgan fingerprint density at radius 1 is 1.57 bits per heavy atom. The molecule has 0 saturated carbocycles. The van der Waals surface area contributed by atoms with Crippen molar-refractivity contribution in [3.8, 4) is 0 Å². The summed E-state index contributed by atoms with van der Waals surface area (Å²) in [6, 6.07) is 0. The van der Waals surface area contributed by atoms with Crippen LogP contribution in [0.3, 0.4) is 0 Å². The van der Waals surface area contributed by atoms with Crippen LogP contribution in [0.2, 0.25) is 0 Å². The SMILES string of the molecule is CC(C)CC(CN)C(=O)C1CCOC1. The summed E-state index contributed by atoms with van der Waals surface area (Å²) in [5, 5.41) is 0. The van der Waals surface area contributed by atoms with Gasteiger partial charge in [0, 0.05) is 25.0 Å². The smallest absolute Gasteiger partial charge is 0.142 e. The van der Waals surface area contributed by atoms with E-state index in [1.165, 1.54) is 0 Å². The fourth-order valence-corrected chi connectivity index (χ4v) is 1.99. The lowest BCUT2D eigenvalue weighted by Gasteiger charge is -2.18. The van der Waals surface area contributed by atoms with Gasteiger partial charge in [-0.15, -0.1) is 0 Å². The first-order valence-corrected chi connectivity index (χ1v) is 5.46. The minimum atomic E-state index is 0.0432. The van der Waals surface area contributed by atoms with Gasteiger partial charge < -0.3 is 10.5 Å². The molecular formula is C11H21NO2. The van der Waals surface area contributed by atoms with Gasteiger partial charge in [0.15, 0.2) is 0 Å². The Morgan fingerprint density at radius 2 is 2.29 bits per heavy atom. The van der Waals surface area contributed by atoms with E-state index in [-0.39, 0.29) is 11.8 Å². The van der Waals surface area contributed by atoms with Gasteiger partial charge in [-0.25, -0.2) is 0 Å². The molecule has 0 spiro atoms. The van der Waals surface area contributed by atoms with Crippen LogP contribution < -0.4 is 5.73 Å². The fraction of sp³-hybridized carbons (Fsp3) is 0.909. The molecule has 1 aliphatic rings. The highest BCUT2D eigenvalue weighted by Gasteiger charge is 2.29. The van der Waals surface area contributed by atoms with Crippen molar-refractivity contribution in [2.24, 2.45) is 23.5 Å². The van der Waals surface area contributed by atoms with Gasteiger partial charge in [0.2, 0.25) is 0 Å². The molecule has 0 aromatic heterocycles. The minimum Gasteiger partial charge on any atom is -0.381 e. The number of nitrogens with two attached hydrogens (primary N) is 1. The second kappa shape index (κ2) is 5.47. The van der Waals surface area contributed by atoms with Crippen molar-refractivity contribution in [1.82, 2.24) is 0 Å². The van der Waals surface area contributed by atoms with Crippen molar-refractivity contribution in [3.63, 3.8) is 0 Å². The van der Waals surface area contributed by atoms with E-state index in [4.69, 9.17) is 10.5 Å². The van der Waals surface area contributed by atoms with Crippen molar-refractivity contribution >= 4 is 5.78 Å². The molecule has 0 radical (unpaired) electrons. The van der Waals surface area contributed by atoms with Gasteiger partial charge in [-0.2, -0.15) is 0 Å². The molecule has 0 aromatic rings. The van der Waals surface area contributed by atoms with Gasteiger partial charge in [-0.3, -0.25) is 4.79 Å². The summed E-state index contributed by atoms with van der Waals surface area (Å²) in [5.41, 5.74) is 5.63. The number of carbonyl (C=O) groups excluding carboxylic acids is 1. The zero-order valence-corrected chi connectivity index (χ0v) is 9.16. The lowest BCUT2D eigenvalue weighted by molar-refractivity contribution is -0.127. The lowest BCUT2D eigenvalue weighted by atomic mass is 9.86. The monoisotopic (exact) mass is 199 g/mol. The highest BCUT2D eigenvalue weighted by Crippen LogP contribution is 2.21. The van der Waals surface area contributed by atoms with E-state index < -0.39 is 0 Å². The second-order valence-electron chi connectivity index (χ2n) is 4.53. The lowest BCUT2D eigenvalue weighted by Crippen LogP contribution is -2.30. The fourth-order valence-electron chi connectivity index (χ4n) is 1.99. The third kappa shape index (κ3) is 3.07. The molecule has 14 heavy (non-hydrogen) atoms. The van der Waals surface area contributed by atoms with E-state index in [0.717, 1.165) is 19.4 Å². The summed E-state index contributed by atoms with van der Waals surface area (Å²) in [6.07, 6.45) is 1.79. The van der Waals surface area contributed by atoms with Crippen LogP contribution in [0.1, 0.15) is 26.7 Å². The van der Waals surface area contributed by atoms with Crippen LogP contribution in [0.25, 0.3) is 0 Å². The Balaban J connectivity index is 2.46. The van der Waals surface area contributed by atoms with Crippen LogP contribution in [0, 0.1) is 17.8 Å². The van der Waals surface area contributed by atoms with E-state index in [1.807, 2.05) is 0 Å². The average molecular weight is 199 g/mol. The van der Waals surface area contributed by atoms with Gasteiger partial charge >= 0.3 is 0 Å². The van der Waals surface area contributed by atoms with Crippen LogP contribution >= 0.6 is 0 Å². The third-order valence-corrected chi connectivity index (χ3v) is 2.77. The molecule has 1 saturated heterocycles. The number of hydrogen-bond donors (Lipinski definition) is 1. The van der Waals surface area contributed by atoms with Crippen molar-refractivity contribution < 1.29 is 9.53 Å². The first-order valence-electron chi connectivity index (χ1n) is 5.46. The van der Waals surface area contributed by atoms with Crippen LogP contribution in [0.4, 0.5) is 0 Å². The Hall–Kier alpha value is -0.410. The number of ether oxygens (including phenoxy) is 1. The van der Waals surface area contributed by atoms with Crippen LogP contribution in [0.5, 0.6) is 0 Å². The Labute approximate surface area is 86.0 Å². The molecule has 3 nitrogen and oxygen atoms in total. The summed E-state index contributed by atoms with van der Waals surface area (Å²) < 4.78 is 5.22. The molecule has 3 heteroatoms. The molecule has 0 aromatic carbocycles. The number of carbonyl (C=O) groups is 1. The molecule has 1 aliphatic heterocycles. The van der Waals surface area contributed by atoms with E-state index in [0.29, 0.717) is 24.9 Å². The highest BCUT2D eigenvalue weighted by atomic mass is 16.5. The summed E-state index contributed by atoms with van der Waals surface area (Å²) >= 11 is 0. The van der Waals surface area contributed by atoms with E-state index in [1.54, 1.807) is 0 Å². The summed E-state index contributed by atoms with van der Waals surface area (Å²) in [5.74, 6) is 1.01. The second-order valence-corrected chi connectivity index (χ2v) is 4.53. The number of ketones is 1. The molecular weight excluding hydrogens is 178 g/mol. The zero-order valence-electron chi connectivity index (χ0n) is 9.16. The van der Waals surface area contributed by atoms with E-state index >= 15 is 0 Å². The molecule has 0 bridgehead atoms. The molecule has 2 unspecified atom stereocenters. The topological polar surface area (TPSA) is 52.3 Å². The molecule has 0 aliphatic carbocycles. The Bertz CT molecular complexity index is 186. The van der Waals surface area contributed by atoms with Crippen molar-refractivity contribution in [3.05, 3.63) is 0 Å². The summed E-state index contributed by atoms with van der Waals surface area (Å²) in [4.78, 5) is 12.0. The standard InChI is InChI=1S/C11H21NO2/c1-8(2)5-10(6-12)11(13)9-3-4-14-7-9/h8-10H,3-7,12H2,1-2H3. The third-order valence-electron chi connectivity index (χ3n) is 2.77. The number of hydrogen-bond acceptors (Lipinski definition) is 3. The minimum absolute atomic E-state index is 0.0432. The molecule has 1 heterocycles. The molecule has 0 amide bonds. The zero-order chi connectivity index (χ0) is 10.6. The van der Waals surface area contributed by atoms with Crippen molar-refractivity contribution in [2.75, 3.05) is 19.8 Å². The first kappa shape index (κ1) is 11.7. The largest absolute Gasteiger partial charge is 0.381 e. The van der Waals surface area contributed by atoms with Gasteiger partial charge in [0.05, 0.1) is 6.61 Å². The van der Waals surface area contributed by atoms with E-state index in [9.17, 15) is 4.79 Å². The van der Waals surface area contributed by atoms with Crippen molar-refractivity contribution in [2.45, 2.75) is 26.7 Å². The molecule has 2 N–H and O–H groups in total.